The first-order chi connectivity index (χ1) is 6.76. The van der Waals surface area contributed by atoms with E-state index in [-0.39, 0.29) is 6.10 Å². The van der Waals surface area contributed by atoms with Crippen molar-refractivity contribution in [3.63, 3.8) is 0 Å². The lowest BCUT2D eigenvalue weighted by Gasteiger charge is -2.21. The molecular weight excluding hydrogens is 176 g/mol. The maximum atomic E-state index is 5.60. The van der Waals surface area contributed by atoms with E-state index in [1.165, 1.54) is 19.3 Å². The Balaban J connectivity index is 3.77. The van der Waals surface area contributed by atoms with Gasteiger partial charge in [-0.05, 0) is 6.42 Å². The van der Waals surface area contributed by atoms with E-state index in [1.54, 1.807) is 7.11 Å². The average molecular weight is 200 g/mol. The summed E-state index contributed by atoms with van der Waals surface area (Å²) in [5, 5.41) is 0. The SMILES string of the molecule is C=C[C@H](C)[C@@H](CCCCC)OCOC. The lowest BCUT2D eigenvalue weighted by molar-refractivity contribution is -0.0859. The van der Waals surface area contributed by atoms with Crippen LogP contribution >= 0.6 is 0 Å². The Morgan fingerprint density at radius 2 is 2.07 bits per heavy atom. The zero-order valence-corrected chi connectivity index (χ0v) is 9.79. The van der Waals surface area contributed by atoms with Crippen LogP contribution in [-0.4, -0.2) is 20.0 Å². The van der Waals surface area contributed by atoms with E-state index in [1.807, 2.05) is 6.08 Å². The molecule has 0 aromatic carbocycles. The summed E-state index contributed by atoms with van der Waals surface area (Å²) in [6.45, 7) is 8.53. The molecule has 14 heavy (non-hydrogen) atoms. The lowest BCUT2D eigenvalue weighted by atomic mass is 9.99. The van der Waals surface area contributed by atoms with E-state index >= 15 is 0 Å². The fourth-order valence-electron chi connectivity index (χ4n) is 1.40. The van der Waals surface area contributed by atoms with Crippen molar-refractivity contribution in [3.05, 3.63) is 12.7 Å². The van der Waals surface area contributed by atoms with Crippen LogP contribution < -0.4 is 0 Å². The first kappa shape index (κ1) is 13.7. The Hall–Kier alpha value is -0.340. The molecule has 0 aliphatic heterocycles. The number of methoxy groups -OCH3 is 1. The van der Waals surface area contributed by atoms with E-state index in [4.69, 9.17) is 9.47 Å². The maximum absolute atomic E-state index is 5.60. The molecule has 2 nitrogen and oxygen atoms in total. The smallest absolute Gasteiger partial charge is 0.146 e. The number of unbranched alkanes of at least 4 members (excludes halogenated alkanes) is 2. The Morgan fingerprint density at radius 3 is 2.57 bits per heavy atom. The molecule has 84 valence electrons. The van der Waals surface area contributed by atoms with Gasteiger partial charge in [-0.2, -0.15) is 0 Å². The molecule has 0 unspecified atom stereocenters. The quantitative estimate of drug-likeness (QED) is 0.323. The van der Waals surface area contributed by atoms with Crippen molar-refractivity contribution in [3.8, 4) is 0 Å². The van der Waals surface area contributed by atoms with Gasteiger partial charge in [-0.25, -0.2) is 0 Å². The highest BCUT2D eigenvalue weighted by molar-refractivity contribution is 4.81. The largest absolute Gasteiger partial charge is 0.359 e. The number of ether oxygens (including phenoxy) is 2. The van der Waals surface area contributed by atoms with Gasteiger partial charge in [0.05, 0.1) is 6.10 Å². The zero-order chi connectivity index (χ0) is 10.8. The first-order valence-electron chi connectivity index (χ1n) is 5.49. The van der Waals surface area contributed by atoms with Gasteiger partial charge in [-0.15, -0.1) is 6.58 Å². The summed E-state index contributed by atoms with van der Waals surface area (Å²) < 4.78 is 10.5. The van der Waals surface area contributed by atoms with Gasteiger partial charge >= 0.3 is 0 Å². The zero-order valence-electron chi connectivity index (χ0n) is 9.79. The third kappa shape index (κ3) is 6.17. The molecule has 0 aromatic rings. The predicted molar refractivity (Wildman–Crippen MR) is 60.3 cm³/mol. The monoisotopic (exact) mass is 200 g/mol. The molecule has 2 atom stereocenters. The summed E-state index contributed by atoms with van der Waals surface area (Å²) in [5.74, 6) is 0.405. The van der Waals surface area contributed by atoms with Crippen molar-refractivity contribution in [2.45, 2.75) is 45.6 Å². The number of rotatable bonds is 9. The van der Waals surface area contributed by atoms with Crippen molar-refractivity contribution in [2.24, 2.45) is 5.92 Å². The second-order valence-corrected chi connectivity index (χ2v) is 3.70. The molecule has 0 saturated carbocycles. The molecular formula is C12H24O2. The molecule has 0 N–H and O–H groups in total. The van der Waals surface area contributed by atoms with Crippen LogP contribution in [-0.2, 0) is 9.47 Å². The van der Waals surface area contributed by atoms with Crippen LogP contribution in [0.2, 0.25) is 0 Å². The Bertz CT molecular complexity index is 134. The summed E-state index contributed by atoms with van der Waals surface area (Å²) in [4.78, 5) is 0. The summed E-state index contributed by atoms with van der Waals surface area (Å²) >= 11 is 0. The van der Waals surface area contributed by atoms with E-state index in [0.29, 0.717) is 12.7 Å². The molecule has 2 heteroatoms. The molecule has 0 fully saturated rings. The molecule has 0 rings (SSSR count). The number of hydrogen-bond acceptors (Lipinski definition) is 2. The van der Waals surface area contributed by atoms with Gasteiger partial charge in [0.2, 0.25) is 0 Å². The Morgan fingerprint density at radius 1 is 1.36 bits per heavy atom. The second kappa shape index (κ2) is 9.22. The van der Waals surface area contributed by atoms with Gasteiger partial charge in [0.15, 0.2) is 0 Å². The van der Waals surface area contributed by atoms with Crippen molar-refractivity contribution in [2.75, 3.05) is 13.9 Å². The third-order valence-electron chi connectivity index (χ3n) is 2.45. The minimum atomic E-state index is 0.263. The van der Waals surface area contributed by atoms with Gasteiger partial charge < -0.3 is 9.47 Å². The molecule has 0 heterocycles. The van der Waals surface area contributed by atoms with Gasteiger partial charge in [-0.3, -0.25) is 0 Å². The summed E-state index contributed by atoms with van der Waals surface area (Å²) in [6, 6.07) is 0. The van der Waals surface area contributed by atoms with Crippen LogP contribution in [0, 0.1) is 5.92 Å². The van der Waals surface area contributed by atoms with Crippen molar-refractivity contribution >= 4 is 0 Å². The standard InChI is InChI=1S/C12H24O2/c1-5-7-8-9-12(11(3)6-2)14-10-13-4/h6,11-12H,2,5,7-10H2,1,3-4H3/t11-,12+/m0/s1. The molecule has 0 aromatic heterocycles. The molecule has 0 spiro atoms. The van der Waals surface area contributed by atoms with Crippen LogP contribution in [0.25, 0.3) is 0 Å². The second-order valence-electron chi connectivity index (χ2n) is 3.70. The normalized spacial score (nSPS) is 15.1. The van der Waals surface area contributed by atoms with Crippen LogP contribution in [0.3, 0.4) is 0 Å². The molecule has 0 saturated heterocycles. The molecule has 0 bridgehead atoms. The predicted octanol–water partition coefficient (Wildman–Crippen LogP) is 3.38. The summed E-state index contributed by atoms with van der Waals surface area (Å²) in [7, 11) is 1.65. The minimum absolute atomic E-state index is 0.263. The number of hydrogen-bond donors (Lipinski definition) is 0. The fraction of sp³-hybridized carbons (Fsp3) is 0.833. The van der Waals surface area contributed by atoms with Crippen LogP contribution in [0.15, 0.2) is 12.7 Å². The summed E-state index contributed by atoms with van der Waals surface area (Å²) in [5.41, 5.74) is 0. The summed E-state index contributed by atoms with van der Waals surface area (Å²) in [6.07, 6.45) is 7.06. The highest BCUT2D eigenvalue weighted by Crippen LogP contribution is 2.16. The topological polar surface area (TPSA) is 18.5 Å². The van der Waals surface area contributed by atoms with Gasteiger partial charge in [-0.1, -0.05) is 39.2 Å². The highest BCUT2D eigenvalue weighted by Gasteiger charge is 2.14. The first-order valence-corrected chi connectivity index (χ1v) is 5.49. The fourth-order valence-corrected chi connectivity index (χ4v) is 1.40. The molecule has 0 aliphatic rings. The van der Waals surface area contributed by atoms with Gasteiger partial charge in [0.25, 0.3) is 0 Å². The van der Waals surface area contributed by atoms with Gasteiger partial charge in [0.1, 0.15) is 6.79 Å². The minimum Gasteiger partial charge on any atom is -0.359 e. The Kier molecular flexibility index (Phi) is 9.00. The van der Waals surface area contributed by atoms with Crippen molar-refractivity contribution in [1.29, 1.82) is 0 Å². The molecule has 0 aliphatic carbocycles. The average Bonchev–Trinajstić information content (AvgIpc) is 2.22. The van der Waals surface area contributed by atoms with Crippen LogP contribution in [0.1, 0.15) is 39.5 Å². The third-order valence-corrected chi connectivity index (χ3v) is 2.45. The van der Waals surface area contributed by atoms with Crippen molar-refractivity contribution < 1.29 is 9.47 Å². The van der Waals surface area contributed by atoms with Crippen LogP contribution in [0.4, 0.5) is 0 Å². The molecule has 0 radical (unpaired) electrons. The van der Waals surface area contributed by atoms with E-state index in [0.717, 1.165) is 6.42 Å². The lowest BCUT2D eigenvalue weighted by Crippen LogP contribution is -2.21. The van der Waals surface area contributed by atoms with Crippen LogP contribution in [0.5, 0.6) is 0 Å². The highest BCUT2D eigenvalue weighted by atomic mass is 16.7. The Labute approximate surface area is 88.3 Å². The van der Waals surface area contributed by atoms with Gasteiger partial charge in [0, 0.05) is 13.0 Å². The molecule has 0 amide bonds. The maximum Gasteiger partial charge on any atom is 0.146 e. The van der Waals surface area contributed by atoms with E-state index in [9.17, 15) is 0 Å². The van der Waals surface area contributed by atoms with E-state index in [2.05, 4.69) is 20.4 Å². The van der Waals surface area contributed by atoms with Crippen molar-refractivity contribution in [1.82, 2.24) is 0 Å². The van der Waals surface area contributed by atoms with E-state index < -0.39 is 0 Å².